The second-order valence-corrected chi connectivity index (χ2v) is 6.11. The molecule has 1 heterocycles. The summed E-state index contributed by atoms with van der Waals surface area (Å²) in [4.78, 5) is 13.8. The lowest BCUT2D eigenvalue weighted by Gasteiger charge is -2.08. The lowest BCUT2D eigenvalue weighted by Crippen LogP contribution is -2.26. The number of aliphatic carboxylic acids is 1. The monoisotopic (exact) mass is 307 g/mol. The lowest BCUT2D eigenvalue weighted by molar-refractivity contribution is -0.137. The Kier molecular flexibility index (Phi) is 6.14. The van der Waals surface area contributed by atoms with E-state index < -0.39 is 5.97 Å². The zero-order valence-electron chi connectivity index (χ0n) is 12.2. The Morgan fingerprint density at radius 2 is 2.19 bits per heavy atom. The molecule has 1 N–H and O–H groups in total. The summed E-state index contributed by atoms with van der Waals surface area (Å²) >= 11 is 1.70. The summed E-state index contributed by atoms with van der Waals surface area (Å²) in [6.07, 6.45) is 4.32. The van der Waals surface area contributed by atoms with Gasteiger partial charge < -0.3 is 9.84 Å². The van der Waals surface area contributed by atoms with Gasteiger partial charge >= 0.3 is 5.97 Å². The van der Waals surface area contributed by atoms with Crippen molar-refractivity contribution in [3.63, 3.8) is 0 Å². The Labute approximate surface area is 129 Å². The second-order valence-electron chi connectivity index (χ2n) is 5.04. The van der Waals surface area contributed by atoms with Crippen molar-refractivity contribution in [2.75, 3.05) is 25.6 Å². The van der Waals surface area contributed by atoms with E-state index in [1.54, 1.807) is 11.8 Å². The van der Waals surface area contributed by atoms with Crippen LogP contribution in [-0.2, 0) is 4.79 Å². The third kappa shape index (κ3) is 5.44. The molecule has 1 aromatic rings. The number of benzene rings is 1. The molecular weight excluding hydrogens is 286 g/mol. The maximum Gasteiger partial charge on any atom is 0.317 e. The molecule has 2 rings (SSSR count). The molecule has 0 saturated carbocycles. The first-order chi connectivity index (χ1) is 10.2. The highest BCUT2D eigenvalue weighted by atomic mass is 32.2. The summed E-state index contributed by atoms with van der Waals surface area (Å²) < 4.78 is 5.63. The van der Waals surface area contributed by atoms with Gasteiger partial charge in [-0.15, -0.1) is 11.8 Å². The van der Waals surface area contributed by atoms with Crippen molar-refractivity contribution in [3.8, 4) is 5.75 Å². The third-order valence-electron chi connectivity index (χ3n) is 3.15. The van der Waals surface area contributed by atoms with Gasteiger partial charge in [0.25, 0.3) is 0 Å². The van der Waals surface area contributed by atoms with Gasteiger partial charge in [0.05, 0.1) is 13.2 Å². The summed E-state index contributed by atoms with van der Waals surface area (Å²) in [6.45, 7) is 3.72. The number of hydrogen-bond acceptors (Lipinski definition) is 4. The van der Waals surface area contributed by atoms with E-state index >= 15 is 0 Å². The molecule has 1 aliphatic heterocycles. The first-order valence-electron chi connectivity index (χ1n) is 7.17. The molecule has 1 aliphatic rings. The predicted octanol–water partition coefficient (Wildman–Crippen LogP) is 3.30. The van der Waals surface area contributed by atoms with Gasteiger partial charge in [0.15, 0.2) is 0 Å². The van der Waals surface area contributed by atoms with Crippen LogP contribution in [0.2, 0.25) is 0 Å². The standard InChI is InChI=1S/C16H21NO3S/c1-2-3-8-20-14-6-4-13(5-7-14)9-15-10-17(12-21-15)11-16(18)19/h4-7,9H,2-3,8,10-12H2,1H3,(H,18,19). The first kappa shape index (κ1) is 15.9. The smallest absolute Gasteiger partial charge is 0.317 e. The minimum Gasteiger partial charge on any atom is -0.494 e. The molecule has 4 nitrogen and oxygen atoms in total. The number of hydrogen-bond donors (Lipinski definition) is 1. The molecule has 0 bridgehead atoms. The highest BCUT2D eigenvalue weighted by Crippen LogP contribution is 2.28. The van der Waals surface area contributed by atoms with Crippen LogP contribution < -0.4 is 4.74 Å². The number of nitrogens with zero attached hydrogens (tertiary/aromatic N) is 1. The van der Waals surface area contributed by atoms with Gasteiger partial charge in [-0.1, -0.05) is 25.5 Å². The van der Waals surface area contributed by atoms with Gasteiger partial charge in [-0.25, -0.2) is 0 Å². The van der Waals surface area contributed by atoms with E-state index in [9.17, 15) is 4.79 Å². The first-order valence-corrected chi connectivity index (χ1v) is 8.16. The van der Waals surface area contributed by atoms with Crippen LogP contribution >= 0.6 is 11.8 Å². The van der Waals surface area contributed by atoms with Crippen LogP contribution in [0.1, 0.15) is 25.3 Å². The van der Waals surface area contributed by atoms with Crippen LogP contribution in [0, 0.1) is 0 Å². The molecule has 114 valence electrons. The van der Waals surface area contributed by atoms with Crippen molar-refractivity contribution in [2.24, 2.45) is 0 Å². The van der Waals surface area contributed by atoms with E-state index in [1.165, 1.54) is 4.91 Å². The van der Waals surface area contributed by atoms with Gasteiger partial charge in [0.2, 0.25) is 0 Å². The topological polar surface area (TPSA) is 49.8 Å². The number of unbranched alkanes of at least 4 members (excludes halogenated alkanes) is 1. The van der Waals surface area contributed by atoms with Crippen LogP contribution in [0.5, 0.6) is 5.75 Å². The van der Waals surface area contributed by atoms with Crippen LogP contribution in [0.25, 0.3) is 6.08 Å². The van der Waals surface area contributed by atoms with Crippen LogP contribution in [0.4, 0.5) is 0 Å². The largest absolute Gasteiger partial charge is 0.494 e. The number of thioether (sulfide) groups is 1. The summed E-state index contributed by atoms with van der Waals surface area (Å²) in [5, 5.41) is 8.78. The van der Waals surface area contributed by atoms with Crippen molar-refractivity contribution >= 4 is 23.8 Å². The zero-order valence-corrected chi connectivity index (χ0v) is 13.1. The molecule has 0 unspecified atom stereocenters. The van der Waals surface area contributed by atoms with Gasteiger partial charge in [-0.2, -0.15) is 0 Å². The fourth-order valence-electron chi connectivity index (χ4n) is 2.05. The van der Waals surface area contributed by atoms with Gasteiger partial charge in [-0.05, 0) is 30.2 Å². The molecule has 1 fully saturated rings. The average Bonchev–Trinajstić information content (AvgIpc) is 2.87. The molecule has 5 heteroatoms. The predicted molar refractivity (Wildman–Crippen MR) is 86.5 cm³/mol. The Balaban J connectivity index is 1.88. The molecule has 0 atom stereocenters. The lowest BCUT2D eigenvalue weighted by atomic mass is 10.2. The average molecular weight is 307 g/mol. The highest BCUT2D eigenvalue weighted by molar-refractivity contribution is 8.03. The van der Waals surface area contributed by atoms with Crippen molar-refractivity contribution in [1.82, 2.24) is 4.90 Å². The second kappa shape index (κ2) is 8.10. The minimum absolute atomic E-state index is 0.106. The quantitative estimate of drug-likeness (QED) is 0.783. The Bertz CT molecular complexity index is 499. The van der Waals surface area contributed by atoms with Gasteiger partial charge in [0.1, 0.15) is 5.75 Å². The zero-order chi connectivity index (χ0) is 15.1. The van der Waals surface area contributed by atoms with Crippen molar-refractivity contribution in [2.45, 2.75) is 19.8 Å². The maximum absolute atomic E-state index is 10.7. The highest BCUT2D eigenvalue weighted by Gasteiger charge is 2.19. The summed E-state index contributed by atoms with van der Waals surface area (Å²) in [5.74, 6) is 0.874. The van der Waals surface area contributed by atoms with Gasteiger partial charge in [-0.3, -0.25) is 9.69 Å². The fraction of sp³-hybridized carbons (Fsp3) is 0.438. The molecule has 0 amide bonds. The Hall–Kier alpha value is -1.46. The number of rotatable bonds is 7. The van der Waals surface area contributed by atoms with E-state index in [1.807, 2.05) is 29.2 Å². The van der Waals surface area contributed by atoms with Crippen molar-refractivity contribution in [3.05, 3.63) is 34.7 Å². The van der Waals surface area contributed by atoms with Gasteiger partial charge in [0, 0.05) is 17.3 Å². The van der Waals surface area contributed by atoms with E-state index in [0.29, 0.717) is 6.54 Å². The van der Waals surface area contributed by atoms with Crippen LogP contribution in [0.15, 0.2) is 29.2 Å². The molecular formula is C16H21NO3S. The molecule has 0 spiro atoms. The fourth-order valence-corrected chi connectivity index (χ4v) is 3.07. The minimum atomic E-state index is -0.773. The number of carbonyl (C=O) groups is 1. The SMILES string of the molecule is CCCCOc1ccc(C=C2CN(CC(=O)O)CS2)cc1. The Morgan fingerprint density at radius 1 is 1.43 bits per heavy atom. The van der Waals surface area contributed by atoms with Crippen molar-refractivity contribution < 1.29 is 14.6 Å². The van der Waals surface area contributed by atoms with Crippen LogP contribution in [-0.4, -0.2) is 41.5 Å². The number of ether oxygens (including phenoxy) is 1. The Morgan fingerprint density at radius 3 is 2.86 bits per heavy atom. The van der Waals surface area contributed by atoms with Crippen molar-refractivity contribution in [1.29, 1.82) is 0 Å². The molecule has 1 saturated heterocycles. The maximum atomic E-state index is 10.7. The van der Waals surface area contributed by atoms with E-state index in [4.69, 9.17) is 9.84 Å². The van der Waals surface area contributed by atoms with E-state index in [2.05, 4.69) is 13.0 Å². The molecule has 0 radical (unpaired) electrons. The number of carboxylic acids is 1. The van der Waals surface area contributed by atoms with Crippen LogP contribution in [0.3, 0.4) is 0 Å². The summed E-state index contributed by atoms with van der Waals surface area (Å²) in [5.41, 5.74) is 1.12. The normalized spacial score (nSPS) is 17.3. The third-order valence-corrected chi connectivity index (χ3v) is 4.26. The van der Waals surface area contributed by atoms with E-state index in [0.717, 1.165) is 36.6 Å². The van der Waals surface area contributed by atoms with E-state index in [-0.39, 0.29) is 6.54 Å². The number of carboxylic acid groups (broad SMARTS) is 1. The summed E-state index contributed by atoms with van der Waals surface area (Å²) in [6, 6.07) is 8.04. The molecule has 0 aromatic heterocycles. The summed E-state index contributed by atoms with van der Waals surface area (Å²) in [7, 11) is 0. The molecule has 0 aliphatic carbocycles. The molecule has 1 aromatic carbocycles. The molecule has 21 heavy (non-hydrogen) atoms.